The van der Waals surface area contributed by atoms with Crippen LogP contribution in [0.25, 0.3) is 0 Å². The Kier molecular flexibility index (Phi) is 3.40. The zero-order valence-corrected chi connectivity index (χ0v) is 7.08. The number of hydrogen-bond donors (Lipinski definition) is 4. The first-order chi connectivity index (χ1) is 6.11. The molecule has 0 aliphatic carbocycles. The summed E-state index contributed by atoms with van der Waals surface area (Å²) in [6.07, 6.45) is -4.08. The topological polar surface area (TPSA) is 90.2 Å². The van der Waals surface area contributed by atoms with E-state index in [2.05, 4.69) is 6.58 Å². The molecule has 1 aliphatic heterocycles. The van der Waals surface area contributed by atoms with Gasteiger partial charge in [-0.05, 0) is 0 Å². The Morgan fingerprint density at radius 3 is 2.23 bits per heavy atom. The largest absolute Gasteiger partial charge is 0.394 e. The Balaban J connectivity index is 2.71. The fourth-order valence-electron chi connectivity index (χ4n) is 1.33. The SMILES string of the molecule is C=CC1OC(CO)C(O)C(O)C1O. The molecule has 1 fully saturated rings. The van der Waals surface area contributed by atoms with Gasteiger partial charge in [0.1, 0.15) is 30.5 Å². The van der Waals surface area contributed by atoms with Crippen LogP contribution in [0.5, 0.6) is 0 Å². The molecule has 0 spiro atoms. The molecule has 1 saturated heterocycles. The molecule has 0 bridgehead atoms. The zero-order chi connectivity index (χ0) is 10.0. The summed E-state index contributed by atoms with van der Waals surface area (Å²) in [6, 6.07) is 0. The monoisotopic (exact) mass is 190 g/mol. The molecule has 1 rings (SSSR count). The van der Waals surface area contributed by atoms with Crippen molar-refractivity contribution >= 4 is 0 Å². The van der Waals surface area contributed by atoms with Crippen molar-refractivity contribution in [2.45, 2.75) is 30.5 Å². The van der Waals surface area contributed by atoms with Gasteiger partial charge in [-0.3, -0.25) is 0 Å². The van der Waals surface area contributed by atoms with Crippen LogP contribution in [0.1, 0.15) is 0 Å². The Hall–Kier alpha value is -0.460. The fourth-order valence-corrected chi connectivity index (χ4v) is 1.33. The van der Waals surface area contributed by atoms with Gasteiger partial charge in [-0.25, -0.2) is 0 Å². The molecule has 1 aliphatic rings. The van der Waals surface area contributed by atoms with Crippen LogP contribution >= 0.6 is 0 Å². The van der Waals surface area contributed by atoms with E-state index in [1.807, 2.05) is 0 Å². The van der Waals surface area contributed by atoms with Crippen LogP contribution in [0.15, 0.2) is 12.7 Å². The molecule has 0 saturated carbocycles. The third-order valence-corrected chi connectivity index (χ3v) is 2.16. The maximum Gasteiger partial charge on any atom is 0.112 e. The minimum Gasteiger partial charge on any atom is -0.394 e. The highest BCUT2D eigenvalue weighted by molar-refractivity contribution is 4.98. The van der Waals surface area contributed by atoms with Gasteiger partial charge in [-0.1, -0.05) is 6.08 Å². The lowest BCUT2D eigenvalue weighted by Gasteiger charge is -2.38. The van der Waals surface area contributed by atoms with E-state index in [1.165, 1.54) is 6.08 Å². The van der Waals surface area contributed by atoms with Crippen LogP contribution < -0.4 is 0 Å². The number of aliphatic hydroxyl groups excluding tert-OH is 4. The molecule has 5 nitrogen and oxygen atoms in total. The van der Waals surface area contributed by atoms with Crippen molar-refractivity contribution in [2.75, 3.05) is 6.61 Å². The first-order valence-corrected chi connectivity index (χ1v) is 4.05. The van der Waals surface area contributed by atoms with Gasteiger partial charge in [0, 0.05) is 0 Å². The predicted molar refractivity (Wildman–Crippen MR) is 44.0 cm³/mol. The lowest BCUT2D eigenvalue weighted by Crippen LogP contribution is -2.57. The molecule has 0 aromatic heterocycles. The fraction of sp³-hybridized carbons (Fsp3) is 0.750. The van der Waals surface area contributed by atoms with Gasteiger partial charge in [-0.2, -0.15) is 0 Å². The van der Waals surface area contributed by atoms with Gasteiger partial charge in [0.25, 0.3) is 0 Å². The third-order valence-electron chi connectivity index (χ3n) is 2.16. The molecule has 76 valence electrons. The van der Waals surface area contributed by atoms with Crippen molar-refractivity contribution in [1.82, 2.24) is 0 Å². The van der Waals surface area contributed by atoms with Crippen LogP contribution in [0.4, 0.5) is 0 Å². The first-order valence-electron chi connectivity index (χ1n) is 4.05. The minimum absolute atomic E-state index is 0.407. The molecule has 5 heteroatoms. The number of aliphatic hydroxyl groups is 4. The zero-order valence-electron chi connectivity index (χ0n) is 7.08. The Morgan fingerprint density at radius 2 is 1.77 bits per heavy atom. The summed E-state index contributed by atoms with van der Waals surface area (Å²) in [4.78, 5) is 0. The first kappa shape index (κ1) is 10.6. The van der Waals surface area contributed by atoms with Gasteiger partial charge in [-0.15, -0.1) is 6.58 Å². The summed E-state index contributed by atoms with van der Waals surface area (Å²) >= 11 is 0. The quantitative estimate of drug-likeness (QED) is 0.379. The van der Waals surface area contributed by atoms with Crippen molar-refractivity contribution in [3.05, 3.63) is 12.7 Å². The molecule has 13 heavy (non-hydrogen) atoms. The number of ether oxygens (including phenoxy) is 1. The minimum atomic E-state index is -1.31. The molecule has 5 atom stereocenters. The average Bonchev–Trinajstić information content (AvgIpc) is 2.15. The second kappa shape index (κ2) is 4.17. The highest BCUT2D eigenvalue weighted by atomic mass is 16.5. The molecule has 0 radical (unpaired) electrons. The molecule has 0 aromatic carbocycles. The lowest BCUT2D eigenvalue weighted by atomic mass is 9.95. The normalized spacial score (nSPS) is 46.0. The number of hydrogen-bond acceptors (Lipinski definition) is 5. The Labute approximate surface area is 75.9 Å². The van der Waals surface area contributed by atoms with Gasteiger partial charge < -0.3 is 25.2 Å². The van der Waals surface area contributed by atoms with E-state index >= 15 is 0 Å². The number of rotatable bonds is 2. The average molecular weight is 190 g/mol. The standard InChI is InChI=1S/C8H14O5/c1-2-4-6(10)8(12)7(11)5(3-9)13-4/h2,4-12H,1,3H2. The van der Waals surface area contributed by atoms with Gasteiger partial charge in [0.2, 0.25) is 0 Å². The smallest absolute Gasteiger partial charge is 0.112 e. The van der Waals surface area contributed by atoms with Crippen molar-refractivity contribution in [3.63, 3.8) is 0 Å². The summed E-state index contributed by atoms with van der Waals surface area (Å²) < 4.78 is 5.05. The molecular weight excluding hydrogens is 176 g/mol. The predicted octanol–water partition coefficient (Wildman–Crippen LogP) is -1.99. The van der Waals surface area contributed by atoms with E-state index in [9.17, 15) is 15.3 Å². The second-order valence-electron chi connectivity index (χ2n) is 3.03. The third kappa shape index (κ3) is 1.90. The lowest BCUT2D eigenvalue weighted by molar-refractivity contribution is -0.216. The van der Waals surface area contributed by atoms with E-state index in [4.69, 9.17) is 9.84 Å². The van der Waals surface area contributed by atoms with Crippen molar-refractivity contribution < 1.29 is 25.2 Å². The van der Waals surface area contributed by atoms with E-state index in [-0.39, 0.29) is 0 Å². The highest BCUT2D eigenvalue weighted by Gasteiger charge is 2.41. The van der Waals surface area contributed by atoms with Crippen LogP contribution in [-0.2, 0) is 4.74 Å². The molecule has 4 N–H and O–H groups in total. The molecule has 1 heterocycles. The molecule has 0 amide bonds. The van der Waals surface area contributed by atoms with Gasteiger partial charge in [0.05, 0.1) is 6.61 Å². The van der Waals surface area contributed by atoms with Crippen LogP contribution in [-0.4, -0.2) is 57.6 Å². The maximum absolute atomic E-state index is 9.33. The summed E-state index contributed by atoms with van der Waals surface area (Å²) in [6.45, 7) is 3.00. The van der Waals surface area contributed by atoms with E-state index in [1.54, 1.807) is 0 Å². The van der Waals surface area contributed by atoms with Gasteiger partial charge in [0.15, 0.2) is 0 Å². The van der Waals surface area contributed by atoms with Crippen LogP contribution in [0.3, 0.4) is 0 Å². The van der Waals surface area contributed by atoms with Crippen molar-refractivity contribution in [1.29, 1.82) is 0 Å². The van der Waals surface area contributed by atoms with Crippen molar-refractivity contribution in [2.24, 2.45) is 0 Å². The highest BCUT2D eigenvalue weighted by Crippen LogP contribution is 2.21. The Morgan fingerprint density at radius 1 is 1.15 bits per heavy atom. The molecular formula is C8H14O5. The van der Waals surface area contributed by atoms with E-state index in [0.717, 1.165) is 0 Å². The summed E-state index contributed by atoms with van der Waals surface area (Å²) in [5, 5.41) is 36.7. The van der Waals surface area contributed by atoms with Crippen LogP contribution in [0.2, 0.25) is 0 Å². The van der Waals surface area contributed by atoms with Crippen molar-refractivity contribution in [3.8, 4) is 0 Å². The summed E-state index contributed by atoms with van der Waals surface area (Å²) in [5.41, 5.74) is 0. The summed E-state index contributed by atoms with van der Waals surface area (Å²) in [5.74, 6) is 0. The second-order valence-corrected chi connectivity index (χ2v) is 3.03. The van der Waals surface area contributed by atoms with Gasteiger partial charge >= 0.3 is 0 Å². The van der Waals surface area contributed by atoms with Crippen LogP contribution in [0, 0.1) is 0 Å². The summed E-state index contributed by atoms with van der Waals surface area (Å²) in [7, 11) is 0. The Bertz CT molecular complexity index is 181. The molecule has 0 aromatic rings. The molecule has 5 unspecified atom stereocenters. The maximum atomic E-state index is 9.33. The van der Waals surface area contributed by atoms with E-state index in [0.29, 0.717) is 0 Å². The van der Waals surface area contributed by atoms with E-state index < -0.39 is 37.1 Å².